The molecule has 0 saturated carbocycles. The zero-order chi connectivity index (χ0) is 21.5. The number of hydrogen-bond donors (Lipinski definition) is 2. The number of aromatic nitrogens is 1. The maximum Gasteiger partial charge on any atom is 0.259 e. The summed E-state index contributed by atoms with van der Waals surface area (Å²) >= 11 is 3.39. The number of hydrazone groups is 1. The SMILES string of the molecule is CCOc1ccc(-n2c(C)cc(/C=N\NC(=O)CNc3ccc(Br)cc3)c2C)cc1. The third kappa shape index (κ3) is 5.51. The number of benzene rings is 2. The molecule has 1 amide bonds. The summed E-state index contributed by atoms with van der Waals surface area (Å²) in [5.41, 5.74) is 7.56. The van der Waals surface area contributed by atoms with Crippen LogP contribution < -0.4 is 15.5 Å². The molecule has 3 rings (SSSR count). The average molecular weight is 469 g/mol. The average Bonchev–Trinajstić information content (AvgIpc) is 3.02. The van der Waals surface area contributed by atoms with E-state index in [0.717, 1.165) is 38.5 Å². The first-order chi connectivity index (χ1) is 14.5. The molecular formula is C23H25BrN4O2. The number of hydrogen-bond acceptors (Lipinski definition) is 4. The number of nitrogens with one attached hydrogen (secondary N) is 2. The van der Waals surface area contributed by atoms with Crippen molar-refractivity contribution in [1.82, 2.24) is 9.99 Å². The van der Waals surface area contributed by atoms with Crippen LogP contribution in [0.5, 0.6) is 5.75 Å². The molecule has 0 spiro atoms. The molecule has 0 bridgehead atoms. The molecule has 1 aromatic heterocycles. The van der Waals surface area contributed by atoms with Crippen molar-refractivity contribution in [2.75, 3.05) is 18.5 Å². The molecule has 1 heterocycles. The Labute approximate surface area is 185 Å². The van der Waals surface area contributed by atoms with E-state index in [1.165, 1.54) is 0 Å². The second-order valence-corrected chi connectivity index (χ2v) is 7.66. The molecule has 0 aliphatic heterocycles. The van der Waals surface area contributed by atoms with Crippen molar-refractivity contribution in [3.05, 3.63) is 76.0 Å². The molecule has 0 radical (unpaired) electrons. The summed E-state index contributed by atoms with van der Waals surface area (Å²) in [6.07, 6.45) is 1.67. The lowest BCUT2D eigenvalue weighted by Gasteiger charge is -2.11. The Morgan fingerprint density at radius 2 is 1.83 bits per heavy atom. The number of carbonyl (C=O) groups is 1. The summed E-state index contributed by atoms with van der Waals surface area (Å²) in [4.78, 5) is 12.0. The summed E-state index contributed by atoms with van der Waals surface area (Å²) in [5, 5.41) is 7.17. The highest BCUT2D eigenvalue weighted by molar-refractivity contribution is 9.10. The molecule has 6 nitrogen and oxygen atoms in total. The number of ether oxygens (including phenoxy) is 1. The van der Waals surface area contributed by atoms with Gasteiger partial charge in [-0.15, -0.1) is 0 Å². The van der Waals surface area contributed by atoms with Crippen LogP contribution in [0.15, 0.2) is 64.2 Å². The van der Waals surface area contributed by atoms with Crippen LogP contribution in [0.3, 0.4) is 0 Å². The van der Waals surface area contributed by atoms with Crippen molar-refractivity contribution in [2.24, 2.45) is 5.10 Å². The van der Waals surface area contributed by atoms with Gasteiger partial charge in [-0.1, -0.05) is 15.9 Å². The van der Waals surface area contributed by atoms with Crippen molar-refractivity contribution in [3.8, 4) is 11.4 Å². The molecule has 3 aromatic rings. The normalized spacial score (nSPS) is 10.9. The number of amides is 1. The van der Waals surface area contributed by atoms with Crippen LogP contribution in [0, 0.1) is 13.8 Å². The van der Waals surface area contributed by atoms with Crippen molar-refractivity contribution in [3.63, 3.8) is 0 Å². The minimum absolute atomic E-state index is 0.143. The first kappa shape index (κ1) is 21.6. The number of rotatable bonds is 8. The number of carbonyl (C=O) groups excluding carboxylic acids is 1. The maximum atomic E-state index is 12.0. The number of anilines is 1. The molecule has 30 heavy (non-hydrogen) atoms. The quantitative estimate of drug-likeness (QED) is 0.367. The topological polar surface area (TPSA) is 67.6 Å². The van der Waals surface area contributed by atoms with Crippen LogP contribution in [0.4, 0.5) is 5.69 Å². The van der Waals surface area contributed by atoms with Gasteiger partial charge in [0.25, 0.3) is 5.91 Å². The van der Waals surface area contributed by atoms with Gasteiger partial charge in [0.05, 0.1) is 19.4 Å². The van der Waals surface area contributed by atoms with Gasteiger partial charge in [-0.3, -0.25) is 4.79 Å². The van der Waals surface area contributed by atoms with E-state index in [4.69, 9.17) is 4.74 Å². The molecular weight excluding hydrogens is 444 g/mol. The van der Waals surface area contributed by atoms with E-state index in [2.05, 4.69) is 36.3 Å². The van der Waals surface area contributed by atoms with Crippen molar-refractivity contribution < 1.29 is 9.53 Å². The van der Waals surface area contributed by atoms with E-state index < -0.39 is 0 Å². The largest absolute Gasteiger partial charge is 0.494 e. The highest BCUT2D eigenvalue weighted by Gasteiger charge is 2.10. The van der Waals surface area contributed by atoms with Gasteiger partial charge in [-0.25, -0.2) is 5.43 Å². The van der Waals surface area contributed by atoms with Gasteiger partial charge in [0.1, 0.15) is 5.75 Å². The first-order valence-electron chi connectivity index (χ1n) is 9.71. The van der Waals surface area contributed by atoms with E-state index >= 15 is 0 Å². The summed E-state index contributed by atoms with van der Waals surface area (Å²) in [5.74, 6) is 0.638. The number of nitrogens with zero attached hydrogens (tertiary/aromatic N) is 2. The van der Waals surface area contributed by atoms with E-state index in [1.54, 1.807) is 6.21 Å². The van der Waals surface area contributed by atoms with Crippen LogP contribution in [-0.2, 0) is 4.79 Å². The van der Waals surface area contributed by atoms with Crippen LogP contribution in [0.1, 0.15) is 23.9 Å². The van der Waals surface area contributed by atoms with Crippen molar-refractivity contribution in [1.29, 1.82) is 0 Å². The van der Waals surface area contributed by atoms with E-state index in [1.807, 2.05) is 75.4 Å². The van der Waals surface area contributed by atoms with Gasteiger partial charge in [0, 0.05) is 32.8 Å². The minimum atomic E-state index is -0.213. The molecule has 0 saturated heterocycles. The molecule has 2 aromatic carbocycles. The lowest BCUT2D eigenvalue weighted by Crippen LogP contribution is -2.25. The summed E-state index contributed by atoms with van der Waals surface area (Å²) < 4.78 is 8.65. The minimum Gasteiger partial charge on any atom is -0.494 e. The fourth-order valence-corrected chi connectivity index (χ4v) is 3.40. The van der Waals surface area contributed by atoms with Crippen molar-refractivity contribution in [2.45, 2.75) is 20.8 Å². The van der Waals surface area contributed by atoms with E-state index in [0.29, 0.717) is 6.61 Å². The summed E-state index contributed by atoms with van der Waals surface area (Å²) in [6.45, 7) is 6.83. The predicted octanol–water partition coefficient (Wildman–Crippen LogP) is 4.82. The van der Waals surface area contributed by atoms with Gasteiger partial charge in [-0.05, 0) is 75.4 Å². The lowest BCUT2D eigenvalue weighted by molar-refractivity contribution is -0.119. The third-order valence-electron chi connectivity index (χ3n) is 4.57. The smallest absolute Gasteiger partial charge is 0.259 e. The van der Waals surface area contributed by atoms with Crippen LogP contribution in [-0.4, -0.2) is 29.8 Å². The molecule has 0 atom stereocenters. The standard InChI is InChI=1S/C23H25BrN4O2/c1-4-30-22-11-9-21(10-12-22)28-16(2)13-18(17(28)3)14-26-27-23(29)15-25-20-7-5-19(24)6-8-20/h5-14,25H,4,15H2,1-3H3,(H,27,29)/b26-14-. The lowest BCUT2D eigenvalue weighted by atomic mass is 10.2. The monoisotopic (exact) mass is 468 g/mol. The number of aryl methyl sites for hydroxylation is 1. The molecule has 0 unspecified atom stereocenters. The van der Waals surface area contributed by atoms with Gasteiger partial charge in [0.15, 0.2) is 0 Å². The molecule has 0 fully saturated rings. The molecule has 156 valence electrons. The zero-order valence-corrected chi connectivity index (χ0v) is 18.9. The van der Waals surface area contributed by atoms with E-state index in [-0.39, 0.29) is 12.5 Å². The van der Waals surface area contributed by atoms with Gasteiger partial charge in [-0.2, -0.15) is 5.10 Å². The third-order valence-corrected chi connectivity index (χ3v) is 5.10. The van der Waals surface area contributed by atoms with Crippen LogP contribution in [0.2, 0.25) is 0 Å². The Morgan fingerprint density at radius 1 is 1.13 bits per heavy atom. The Kier molecular flexibility index (Phi) is 7.30. The van der Waals surface area contributed by atoms with Gasteiger partial charge >= 0.3 is 0 Å². The maximum absolute atomic E-state index is 12.0. The second kappa shape index (κ2) is 10.1. The highest BCUT2D eigenvalue weighted by Crippen LogP contribution is 2.22. The van der Waals surface area contributed by atoms with Crippen LogP contribution >= 0.6 is 15.9 Å². The molecule has 2 N–H and O–H groups in total. The van der Waals surface area contributed by atoms with Crippen molar-refractivity contribution >= 4 is 33.7 Å². The Morgan fingerprint density at radius 3 is 2.50 bits per heavy atom. The summed E-state index contributed by atoms with van der Waals surface area (Å²) in [6, 6.07) is 17.7. The highest BCUT2D eigenvalue weighted by atomic mass is 79.9. The van der Waals surface area contributed by atoms with Gasteiger partial charge in [0.2, 0.25) is 0 Å². The fraction of sp³-hybridized carbons (Fsp3) is 0.217. The van der Waals surface area contributed by atoms with E-state index in [9.17, 15) is 4.79 Å². The zero-order valence-electron chi connectivity index (χ0n) is 17.3. The molecule has 7 heteroatoms. The van der Waals surface area contributed by atoms with Crippen LogP contribution in [0.25, 0.3) is 5.69 Å². The molecule has 0 aliphatic carbocycles. The Balaban J connectivity index is 1.61. The predicted molar refractivity (Wildman–Crippen MR) is 125 cm³/mol. The first-order valence-corrected chi connectivity index (χ1v) is 10.5. The number of halogens is 1. The Hall–Kier alpha value is -3.06. The summed E-state index contributed by atoms with van der Waals surface area (Å²) in [7, 11) is 0. The fourth-order valence-electron chi connectivity index (χ4n) is 3.14. The van der Waals surface area contributed by atoms with Gasteiger partial charge < -0.3 is 14.6 Å². The Bertz CT molecular complexity index is 1020. The second-order valence-electron chi connectivity index (χ2n) is 6.74. The molecule has 0 aliphatic rings.